The molecule has 1 nitrogen and oxygen atoms in total. The van der Waals surface area contributed by atoms with Crippen molar-refractivity contribution in [1.29, 1.82) is 0 Å². The van der Waals surface area contributed by atoms with Crippen LogP contribution in [0.3, 0.4) is 0 Å². The molecule has 7 rings (SSSR count). The maximum absolute atomic E-state index is 15.4. The van der Waals surface area contributed by atoms with Crippen molar-refractivity contribution in [1.82, 2.24) is 0 Å². The quantitative estimate of drug-likeness (QED) is 0.552. The lowest BCUT2D eigenvalue weighted by Gasteiger charge is -2.41. The molecule has 2 aromatic carbocycles. The van der Waals surface area contributed by atoms with Crippen molar-refractivity contribution < 1.29 is 4.57 Å². The molecular formula is C27H27OP. The van der Waals surface area contributed by atoms with E-state index in [9.17, 15) is 0 Å². The SMILES string of the molecule is O=P(C1=C2CCCC2=C2CCC3CC23C12CC2)(c1ccccc1)c1ccccc1. The van der Waals surface area contributed by atoms with Gasteiger partial charge in [0, 0.05) is 26.8 Å². The summed E-state index contributed by atoms with van der Waals surface area (Å²) in [4.78, 5) is 0. The van der Waals surface area contributed by atoms with Crippen LogP contribution in [0.4, 0.5) is 0 Å². The molecule has 29 heavy (non-hydrogen) atoms. The van der Waals surface area contributed by atoms with Gasteiger partial charge in [-0.15, -0.1) is 0 Å². The zero-order chi connectivity index (χ0) is 19.3. The molecule has 0 saturated heterocycles. The zero-order valence-electron chi connectivity index (χ0n) is 16.9. The second kappa shape index (κ2) is 5.44. The van der Waals surface area contributed by atoms with E-state index >= 15 is 4.57 Å². The summed E-state index contributed by atoms with van der Waals surface area (Å²) in [5.74, 6) is 0.865. The smallest absolute Gasteiger partial charge is 0.168 e. The standard InChI is InChI=1S/C27H27OP/c28-29(20-8-3-1-4-9-20,21-10-5-2-6-11-21)25-23-13-7-12-22(23)24-15-14-19-18-27(19,24)26(25)16-17-26/h1-6,8-11,19H,7,12-18H2. The largest absolute Gasteiger partial charge is 0.309 e. The predicted octanol–water partition coefficient (Wildman–Crippen LogP) is 6.33. The number of allylic oxidation sites excluding steroid dienone is 4. The van der Waals surface area contributed by atoms with Crippen LogP contribution in [0, 0.1) is 16.7 Å². The Kier molecular flexibility index (Phi) is 3.17. The van der Waals surface area contributed by atoms with E-state index in [0.29, 0.717) is 5.41 Å². The Morgan fingerprint density at radius 2 is 1.41 bits per heavy atom. The monoisotopic (exact) mass is 398 g/mol. The molecule has 0 amide bonds. The highest BCUT2D eigenvalue weighted by molar-refractivity contribution is 7.82. The molecule has 2 atom stereocenters. The Balaban J connectivity index is 1.57. The first kappa shape index (κ1) is 16.9. The highest BCUT2D eigenvalue weighted by atomic mass is 31.2. The van der Waals surface area contributed by atoms with Gasteiger partial charge in [0.05, 0.1) is 0 Å². The van der Waals surface area contributed by atoms with E-state index in [1.165, 1.54) is 55.8 Å². The maximum Gasteiger partial charge on any atom is 0.168 e. The summed E-state index contributed by atoms with van der Waals surface area (Å²) >= 11 is 0. The number of hydrogen-bond donors (Lipinski definition) is 0. The number of fused-ring (bicyclic) bond motifs is 1. The van der Waals surface area contributed by atoms with E-state index in [0.717, 1.165) is 22.9 Å². The van der Waals surface area contributed by atoms with Gasteiger partial charge < -0.3 is 4.57 Å². The Bertz CT molecular complexity index is 1090. The van der Waals surface area contributed by atoms with E-state index < -0.39 is 7.14 Å². The highest BCUT2D eigenvalue weighted by Crippen LogP contribution is 2.89. The minimum Gasteiger partial charge on any atom is -0.309 e. The van der Waals surface area contributed by atoms with Crippen LogP contribution in [0.25, 0.3) is 0 Å². The lowest BCUT2D eigenvalue weighted by molar-refractivity contribution is 0.377. The van der Waals surface area contributed by atoms with Gasteiger partial charge in [-0.3, -0.25) is 0 Å². The van der Waals surface area contributed by atoms with Crippen LogP contribution in [0.5, 0.6) is 0 Å². The molecule has 2 spiro atoms. The molecule has 0 heterocycles. The van der Waals surface area contributed by atoms with Crippen LogP contribution in [-0.4, -0.2) is 0 Å². The molecule has 2 heteroatoms. The van der Waals surface area contributed by atoms with Gasteiger partial charge in [0.15, 0.2) is 7.14 Å². The van der Waals surface area contributed by atoms with Gasteiger partial charge in [-0.2, -0.15) is 0 Å². The maximum atomic E-state index is 15.4. The highest BCUT2D eigenvalue weighted by Gasteiger charge is 2.78. The first-order valence-corrected chi connectivity index (χ1v) is 13.1. The first-order chi connectivity index (χ1) is 14.2. The van der Waals surface area contributed by atoms with Crippen LogP contribution >= 0.6 is 7.14 Å². The fourth-order valence-corrected chi connectivity index (χ4v) is 11.4. The van der Waals surface area contributed by atoms with E-state index in [4.69, 9.17) is 0 Å². The van der Waals surface area contributed by atoms with Gasteiger partial charge in [0.1, 0.15) is 0 Å². The minimum absolute atomic E-state index is 0.202. The molecule has 0 aliphatic heterocycles. The first-order valence-electron chi connectivity index (χ1n) is 11.4. The van der Waals surface area contributed by atoms with Gasteiger partial charge in [-0.1, -0.05) is 66.2 Å². The fraction of sp³-hybridized carbons (Fsp3) is 0.407. The molecule has 0 bridgehead atoms. The normalized spacial score (nSPS) is 31.0. The molecule has 5 aliphatic carbocycles. The molecule has 146 valence electrons. The second-order valence-corrected chi connectivity index (χ2v) is 12.6. The molecule has 0 N–H and O–H groups in total. The topological polar surface area (TPSA) is 17.1 Å². The predicted molar refractivity (Wildman–Crippen MR) is 119 cm³/mol. The average molecular weight is 398 g/mol. The fourth-order valence-electron chi connectivity index (χ4n) is 7.71. The third-order valence-corrected chi connectivity index (χ3v) is 12.2. The molecule has 0 aromatic heterocycles. The molecule has 0 radical (unpaired) electrons. The second-order valence-electron chi connectivity index (χ2n) is 9.91. The minimum atomic E-state index is -2.85. The number of benzene rings is 2. The van der Waals surface area contributed by atoms with E-state index in [-0.39, 0.29) is 5.41 Å². The van der Waals surface area contributed by atoms with Gasteiger partial charge >= 0.3 is 0 Å². The van der Waals surface area contributed by atoms with Crippen LogP contribution in [0.15, 0.2) is 82.7 Å². The van der Waals surface area contributed by atoms with Crippen molar-refractivity contribution >= 4 is 17.8 Å². The Morgan fingerprint density at radius 3 is 2.00 bits per heavy atom. The van der Waals surface area contributed by atoms with Crippen LogP contribution in [0.2, 0.25) is 0 Å². The van der Waals surface area contributed by atoms with Crippen molar-refractivity contribution in [3.05, 3.63) is 82.7 Å². The van der Waals surface area contributed by atoms with Gasteiger partial charge in [-0.25, -0.2) is 0 Å². The van der Waals surface area contributed by atoms with Crippen LogP contribution in [-0.2, 0) is 4.57 Å². The Hall–Kier alpha value is -1.85. The van der Waals surface area contributed by atoms with Crippen molar-refractivity contribution in [3.8, 4) is 0 Å². The van der Waals surface area contributed by atoms with E-state index in [2.05, 4.69) is 60.7 Å². The number of rotatable bonds is 3. The van der Waals surface area contributed by atoms with Gasteiger partial charge in [-0.05, 0) is 68.4 Å². The summed E-state index contributed by atoms with van der Waals surface area (Å²) in [5.41, 5.74) is 5.61. The molecule has 4 saturated carbocycles. The van der Waals surface area contributed by atoms with Gasteiger partial charge in [0.2, 0.25) is 0 Å². The van der Waals surface area contributed by atoms with Crippen molar-refractivity contribution in [2.75, 3.05) is 0 Å². The lowest BCUT2D eigenvalue weighted by Crippen LogP contribution is -2.32. The summed E-state index contributed by atoms with van der Waals surface area (Å²) in [7, 11) is -2.85. The third kappa shape index (κ3) is 1.88. The van der Waals surface area contributed by atoms with Gasteiger partial charge in [0.25, 0.3) is 0 Å². The van der Waals surface area contributed by atoms with Crippen molar-refractivity contribution in [3.63, 3.8) is 0 Å². The molecular weight excluding hydrogens is 371 g/mol. The summed E-state index contributed by atoms with van der Waals surface area (Å²) < 4.78 is 15.4. The van der Waals surface area contributed by atoms with Crippen molar-refractivity contribution in [2.24, 2.45) is 16.7 Å². The molecule has 2 unspecified atom stereocenters. The van der Waals surface area contributed by atoms with Crippen LogP contribution < -0.4 is 10.6 Å². The third-order valence-electron chi connectivity index (χ3n) is 8.87. The van der Waals surface area contributed by atoms with Crippen LogP contribution in [0.1, 0.15) is 51.4 Å². The van der Waals surface area contributed by atoms with E-state index in [1.54, 1.807) is 5.57 Å². The molecule has 5 aliphatic rings. The average Bonchev–Trinajstić information content (AvgIpc) is 3.62. The summed E-state index contributed by atoms with van der Waals surface area (Å²) in [6.45, 7) is 0. The Labute approximate surface area is 173 Å². The summed E-state index contributed by atoms with van der Waals surface area (Å²) in [6.07, 6.45) is 10.2. The zero-order valence-corrected chi connectivity index (χ0v) is 17.8. The van der Waals surface area contributed by atoms with E-state index in [1.807, 2.05) is 5.57 Å². The summed E-state index contributed by atoms with van der Waals surface area (Å²) in [6, 6.07) is 20.9. The number of hydrogen-bond acceptors (Lipinski definition) is 1. The summed E-state index contributed by atoms with van der Waals surface area (Å²) in [5, 5.41) is 3.49. The molecule has 4 fully saturated rings. The molecule has 2 aromatic rings. The lowest BCUT2D eigenvalue weighted by atomic mass is 9.72. The Morgan fingerprint density at radius 1 is 0.793 bits per heavy atom. The van der Waals surface area contributed by atoms with Crippen molar-refractivity contribution in [2.45, 2.75) is 51.4 Å².